The molecule has 0 aliphatic heterocycles. The highest BCUT2D eigenvalue weighted by molar-refractivity contribution is 5.67. The summed E-state index contributed by atoms with van der Waals surface area (Å²) in [5.74, 6) is 2.45. The molecule has 3 unspecified atom stereocenters. The monoisotopic (exact) mass is 452 g/mol. The standard InChI is InChI=1S/C26H44O6/c1-16(2)21-6-4-17(3)10-25(21)32-14-20(27)5-7-22-23-12-18(8-9-31-15-26(29)30)11-19(23)13-24(22)28/h5,7,16-25,27-28H,4,6,8-15H2,1-3H3,(H,29,30)/t17?,18?,19-,20?,21+,22-,23-,24-,25-/m1/s1. The Balaban J connectivity index is 1.45. The second kappa shape index (κ2) is 12.0. The van der Waals surface area contributed by atoms with Gasteiger partial charge in [0.15, 0.2) is 0 Å². The SMILES string of the molecule is CC1CC[C@@H](C(C)C)[C@H](OCC(O)C=C[C@@H]2[C@@H]3CC(CCOCC(=O)O)C[C@@H]3C[C@H]2O)C1. The molecule has 0 aromatic rings. The van der Waals surface area contributed by atoms with Crippen LogP contribution in [-0.4, -0.2) is 59.4 Å². The van der Waals surface area contributed by atoms with Gasteiger partial charge in [0.2, 0.25) is 0 Å². The van der Waals surface area contributed by atoms with Gasteiger partial charge in [-0.1, -0.05) is 39.3 Å². The molecule has 6 nitrogen and oxygen atoms in total. The van der Waals surface area contributed by atoms with E-state index in [1.807, 2.05) is 12.2 Å². The van der Waals surface area contributed by atoms with Gasteiger partial charge in [-0.25, -0.2) is 4.79 Å². The molecule has 3 rings (SSSR count). The van der Waals surface area contributed by atoms with Gasteiger partial charge in [0.05, 0.1) is 24.9 Å². The van der Waals surface area contributed by atoms with Gasteiger partial charge in [-0.3, -0.25) is 0 Å². The van der Waals surface area contributed by atoms with Crippen LogP contribution in [0.5, 0.6) is 0 Å². The number of ether oxygens (including phenoxy) is 2. The molecule has 0 amide bonds. The van der Waals surface area contributed by atoms with Crippen molar-refractivity contribution in [3.8, 4) is 0 Å². The van der Waals surface area contributed by atoms with Crippen LogP contribution >= 0.6 is 0 Å². The normalized spacial score (nSPS) is 38.4. The van der Waals surface area contributed by atoms with E-state index in [1.165, 1.54) is 12.8 Å². The van der Waals surface area contributed by atoms with Crippen molar-refractivity contribution in [2.75, 3.05) is 19.8 Å². The summed E-state index contributed by atoms with van der Waals surface area (Å²) in [6.45, 7) is 7.37. The maximum absolute atomic E-state index is 10.6. The maximum atomic E-state index is 10.6. The van der Waals surface area contributed by atoms with Crippen molar-refractivity contribution < 1.29 is 29.6 Å². The maximum Gasteiger partial charge on any atom is 0.329 e. The molecule has 3 saturated carbocycles. The number of hydrogen-bond donors (Lipinski definition) is 3. The molecular weight excluding hydrogens is 408 g/mol. The summed E-state index contributed by atoms with van der Waals surface area (Å²) >= 11 is 0. The Morgan fingerprint density at radius 3 is 2.66 bits per heavy atom. The number of rotatable bonds is 11. The Kier molecular flexibility index (Phi) is 9.59. The Labute approximate surface area is 193 Å². The number of carboxylic acid groups (broad SMARTS) is 1. The lowest BCUT2D eigenvalue weighted by molar-refractivity contribution is -0.142. The number of carbonyl (C=O) groups is 1. The minimum absolute atomic E-state index is 0.0812. The average Bonchev–Trinajstić information content (AvgIpc) is 3.24. The summed E-state index contributed by atoms with van der Waals surface area (Å²) in [7, 11) is 0. The molecule has 0 bridgehead atoms. The van der Waals surface area contributed by atoms with Crippen molar-refractivity contribution in [3.05, 3.63) is 12.2 Å². The molecule has 9 atom stereocenters. The number of aliphatic hydroxyl groups is 2. The van der Waals surface area contributed by atoms with E-state index < -0.39 is 12.1 Å². The molecule has 6 heteroatoms. The minimum atomic E-state index is -0.929. The summed E-state index contributed by atoms with van der Waals surface area (Å²) in [5.41, 5.74) is 0. The first kappa shape index (κ1) is 25.7. The molecule has 3 N–H and O–H groups in total. The largest absolute Gasteiger partial charge is 0.480 e. The zero-order chi connectivity index (χ0) is 23.3. The van der Waals surface area contributed by atoms with Crippen LogP contribution in [0.25, 0.3) is 0 Å². The third kappa shape index (κ3) is 7.02. The number of hydrogen-bond acceptors (Lipinski definition) is 5. The molecule has 3 aliphatic carbocycles. The van der Waals surface area contributed by atoms with Gasteiger partial charge in [0.1, 0.15) is 6.61 Å². The van der Waals surface area contributed by atoms with Crippen molar-refractivity contribution in [1.82, 2.24) is 0 Å². The predicted molar refractivity (Wildman–Crippen MR) is 123 cm³/mol. The second-order valence-electron chi connectivity index (χ2n) is 11.0. The molecule has 0 spiro atoms. The smallest absolute Gasteiger partial charge is 0.329 e. The van der Waals surface area contributed by atoms with Crippen LogP contribution in [0.15, 0.2) is 12.2 Å². The molecule has 3 fully saturated rings. The average molecular weight is 453 g/mol. The molecule has 0 aromatic heterocycles. The molecule has 0 radical (unpaired) electrons. The highest BCUT2D eigenvalue weighted by atomic mass is 16.5. The number of carboxylic acids is 1. The van der Waals surface area contributed by atoms with E-state index in [2.05, 4.69) is 20.8 Å². The second-order valence-corrected chi connectivity index (χ2v) is 11.0. The Morgan fingerprint density at radius 2 is 1.94 bits per heavy atom. The first-order valence-electron chi connectivity index (χ1n) is 12.7. The number of aliphatic hydroxyl groups excluding tert-OH is 2. The van der Waals surface area contributed by atoms with Gasteiger partial charge < -0.3 is 24.8 Å². The topological polar surface area (TPSA) is 96.2 Å². The van der Waals surface area contributed by atoms with E-state index in [4.69, 9.17) is 14.6 Å². The molecule has 32 heavy (non-hydrogen) atoms. The number of aliphatic carboxylic acids is 1. The van der Waals surface area contributed by atoms with Crippen molar-refractivity contribution in [3.63, 3.8) is 0 Å². The van der Waals surface area contributed by atoms with Crippen molar-refractivity contribution in [2.45, 2.75) is 84.0 Å². The van der Waals surface area contributed by atoms with Gasteiger partial charge in [-0.05, 0) is 74.0 Å². The van der Waals surface area contributed by atoms with Crippen molar-refractivity contribution >= 4 is 5.97 Å². The van der Waals surface area contributed by atoms with Gasteiger partial charge in [0, 0.05) is 12.5 Å². The van der Waals surface area contributed by atoms with E-state index >= 15 is 0 Å². The van der Waals surface area contributed by atoms with E-state index in [1.54, 1.807) is 0 Å². The fourth-order valence-corrected chi connectivity index (χ4v) is 6.53. The molecule has 0 heterocycles. The molecular formula is C26H44O6. The minimum Gasteiger partial charge on any atom is -0.480 e. The summed E-state index contributed by atoms with van der Waals surface area (Å²) in [5, 5.41) is 29.8. The zero-order valence-corrected chi connectivity index (χ0v) is 20.1. The van der Waals surface area contributed by atoms with Crippen molar-refractivity contribution in [2.24, 2.45) is 41.4 Å². The molecule has 0 aromatic carbocycles. The number of fused-ring (bicyclic) bond motifs is 1. The van der Waals surface area contributed by atoms with Crippen LogP contribution in [0.4, 0.5) is 0 Å². The Bertz CT molecular complexity index is 619. The highest BCUT2D eigenvalue weighted by Crippen LogP contribution is 2.51. The van der Waals surface area contributed by atoms with Gasteiger partial charge >= 0.3 is 5.97 Å². The highest BCUT2D eigenvalue weighted by Gasteiger charge is 2.46. The molecule has 3 aliphatic rings. The van der Waals surface area contributed by atoms with Crippen LogP contribution < -0.4 is 0 Å². The molecule has 184 valence electrons. The lowest BCUT2D eigenvalue weighted by atomic mass is 9.75. The Hall–Kier alpha value is -0.950. The van der Waals surface area contributed by atoms with E-state index in [0.29, 0.717) is 48.7 Å². The Morgan fingerprint density at radius 1 is 1.16 bits per heavy atom. The molecule has 0 saturated heterocycles. The third-order valence-corrected chi connectivity index (χ3v) is 8.22. The van der Waals surface area contributed by atoms with E-state index in [0.717, 1.165) is 32.1 Å². The lowest BCUT2D eigenvalue weighted by Crippen LogP contribution is -2.36. The summed E-state index contributed by atoms with van der Waals surface area (Å²) in [6, 6.07) is 0. The van der Waals surface area contributed by atoms with Gasteiger partial charge in [0.25, 0.3) is 0 Å². The zero-order valence-electron chi connectivity index (χ0n) is 20.1. The van der Waals surface area contributed by atoms with E-state index in [-0.39, 0.29) is 24.7 Å². The summed E-state index contributed by atoms with van der Waals surface area (Å²) in [6.07, 6.45) is 10.4. The van der Waals surface area contributed by atoms with Crippen LogP contribution in [0.1, 0.15) is 65.7 Å². The first-order chi connectivity index (χ1) is 15.2. The van der Waals surface area contributed by atoms with Crippen LogP contribution in [0.2, 0.25) is 0 Å². The van der Waals surface area contributed by atoms with Crippen LogP contribution in [0, 0.1) is 41.4 Å². The lowest BCUT2D eigenvalue weighted by Gasteiger charge is -2.37. The van der Waals surface area contributed by atoms with Gasteiger partial charge in [-0.2, -0.15) is 0 Å². The first-order valence-corrected chi connectivity index (χ1v) is 12.7. The van der Waals surface area contributed by atoms with E-state index in [9.17, 15) is 15.0 Å². The quantitative estimate of drug-likeness (QED) is 0.325. The van der Waals surface area contributed by atoms with Crippen molar-refractivity contribution in [1.29, 1.82) is 0 Å². The van der Waals surface area contributed by atoms with Gasteiger partial charge in [-0.15, -0.1) is 0 Å². The van der Waals surface area contributed by atoms with Crippen LogP contribution in [-0.2, 0) is 14.3 Å². The predicted octanol–water partition coefficient (Wildman–Crippen LogP) is 3.90. The summed E-state index contributed by atoms with van der Waals surface area (Å²) < 4.78 is 11.4. The fourth-order valence-electron chi connectivity index (χ4n) is 6.53. The van der Waals surface area contributed by atoms with Crippen LogP contribution in [0.3, 0.4) is 0 Å². The summed E-state index contributed by atoms with van der Waals surface area (Å²) in [4.78, 5) is 10.6. The third-order valence-electron chi connectivity index (χ3n) is 8.22. The fraction of sp³-hybridized carbons (Fsp3) is 0.885.